The highest BCUT2D eigenvalue weighted by atomic mass is 19.3. The van der Waals surface area contributed by atoms with Crippen molar-refractivity contribution in [3.8, 4) is 0 Å². The van der Waals surface area contributed by atoms with Crippen LogP contribution in [-0.2, 0) is 4.79 Å². The summed E-state index contributed by atoms with van der Waals surface area (Å²) in [5.74, 6) is 0.465. The Kier molecular flexibility index (Phi) is 7.58. The van der Waals surface area contributed by atoms with Gasteiger partial charge in [0.15, 0.2) is 0 Å². The van der Waals surface area contributed by atoms with Gasteiger partial charge in [-0.15, -0.1) is 0 Å². The number of aryl methyl sites for hydroxylation is 1. The van der Waals surface area contributed by atoms with Gasteiger partial charge in [0.05, 0.1) is 0 Å². The van der Waals surface area contributed by atoms with Crippen molar-refractivity contribution in [1.29, 1.82) is 0 Å². The molecule has 0 atom stereocenters. The molecule has 0 saturated carbocycles. The minimum absolute atomic E-state index is 0.0870. The average Bonchev–Trinajstić information content (AvgIpc) is 2.42. The summed E-state index contributed by atoms with van der Waals surface area (Å²) in [4.78, 5) is 15.9. The number of carbonyl (C=O) groups is 1. The maximum absolute atomic E-state index is 12.4. The van der Waals surface area contributed by atoms with Crippen LogP contribution in [0.3, 0.4) is 0 Å². The molecule has 0 bridgehead atoms. The molecular weight excluding hydrogens is 274 g/mol. The molecule has 0 aromatic carbocycles. The first kappa shape index (κ1) is 17.3. The van der Waals surface area contributed by atoms with E-state index < -0.39 is 6.08 Å². The van der Waals surface area contributed by atoms with Gasteiger partial charge in [-0.1, -0.05) is 19.4 Å². The molecule has 0 aliphatic carbocycles. The molecule has 0 radical (unpaired) electrons. The Hall–Kier alpha value is -1.78. The van der Waals surface area contributed by atoms with Crippen LogP contribution < -0.4 is 5.32 Å². The zero-order valence-corrected chi connectivity index (χ0v) is 12.6. The molecule has 0 aliphatic rings. The summed E-state index contributed by atoms with van der Waals surface area (Å²) in [6, 6.07) is 5.44. The predicted molar refractivity (Wildman–Crippen MR) is 80.2 cm³/mol. The highest BCUT2D eigenvalue weighted by Gasteiger charge is 2.05. The van der Waals surface area contributed by atoms with Crippen molar-refractivity contribution in [3.05, 3.63) is 35.5 Å². The van der Waals surface area contributed by atoms with E-state index in [1.54, 1.807) is 13.0 Å². The number of unbranched alkanes of at least 4 members (excludes halogenated alkanes) is 2. The van der Waals surface area contributed by atoms with Gasteiger partial charge in [-0.2, -0.15) is 8.78 Å². The van der Waals surface area contributed by atoms with Crippen LogP contribution >= 0.6 is 0 Å². The quantitative estimate of drug-likeness (QED) is 0.697. The monoisotopic (exact) mass is 296 g/mol. The van der Waals surface area contributed by atoms with Gasteiger partial charge < -0.3 is 5.32 Å². The second-order valence-electron chi connectivity index (χ2n) is 4.99. The molecule has 3 nitrogen and oxygen atoms in total. The van der Waals surface area contributed by atoms with Gasteiger partial charge in [0.2, 0.25) is 5.91 Å². The van der Waals surface area contributed by atoms with Gasteiger partial charge in [0, 0.05) is 12.1 Å². The van der Waals surface area contributed by atoms with E-state index in [1.165, 1.54) is 0 Å². The van der Waals surface area contributed by atoms with Crippen LogP contribution in [0.2, 0.25) is 0 Å². The maximum Gasteiger partial charge on any atom is 0.269 e. The summed E-state index contributed by atoms with van der Waals surface area (Å²) in [7, 11) is 0. The fourth-order valence-corrected chi connectivity index (χ4v) is 2.02. The summed E-state index contributed by atoms with van der Waals surface area (Å²) in [5, 5.41) is 2.73. The molecule has 5 heteroatoms. The Morgan fingerprint density at radius 3 is 2.52 bits per heavy atom. The number of hydrogen-bond acceptors (Lipinski definition) is 2. The number of rotatable bonds is 8. The van der Waals surface area contributed by atoms with Crippen LogP contribution in [0.4, 0.5) is 14.6 Å². The molecule has 0 fully saturated rings. The third-order valence-electron chi connectivity index (χ3n) is 3.23. The van der Waals surface area contributed by atoms with Crippen molar-refractivity contribution in [2.45, 2.75) is 52.4 Å². The summed E-state index contributed by atoms with van der Waals surface area (Å²) in [6.45, 7) is 3.59. The summed E-state index contributed by atoms with van der Waals surface area (Å²) < 4.78 is 24.8. The number of pyridine rings is 1. The van der Waals surface area contributed by atoms with E-state index in [-0.39, 0.29) is 11.5 Å². The second kappa shape index (κ2) is 9.21. The van der Waals surface area contributed by atoms with Crippen LogP contribution in [-0.4, -0.2) is 10.9 Å². The topological polar surface area (TPSA) is 42.0 Å². The molecule has 0 saturated heterocycles. The van der Waals surface area contributed by atoms with Crippen molar-refractivity contribution in [3.63, 3.8) is 0 Å². The highest BCUT2D eigenvalue weighted by Crippen LogP contribution is 2.19. The van der Waals surface area contributed by atoms with Crippen LogP contribution in [0, 0.1) is 6.92 Å². The van der Waals surface area contributed by atoms with Crippen molar-refractivity contribution >= 4 is 11.7 Å². The first-order valence-corrected chi connectivity index (χ1v) is 7.29. The van der Waals surface area contributed by atoms with E-state index in [0.29, 0.717) is 37.9 Å². The lowest BCUT2D eigenvalue weighted by molar-refractivity contribution is -0.116. The number of allylic oxidation sites excluding steroid dienone is 1. The Balaban J connectivity index is 2.21. The highest BCUT2D eigenvalue weighted by molar-refractivity contribution is 5.89. The number of halogens is 2. The number of carbonyl (C=O) groups excluding carboxylic acids is 1. The van der Waals surface area contributed by atoms with Gasteiger partial charge in [-0.05, 0) is 50.3 Å². The molecule has 1 rings (SSSR count). The van der Waals surface area contributed by atoms with E-state index in [4.69, 9.17) is 0 Å². The van der Waals surface area contributed by atoms with Gasteiger partial charge >= 0.3 is 0 Å². The van der Waals surface area contributed by atoms with Crippen LogP contribution in [0.5, 0.6) is 0 Å². The molecule has 0 spiro atoms. The van der Waals surface area contributed by atoms with Crippen LogP contribution in [0.25, 0.3) is 0 Å². The lowest BCUT2D eigenvalue weighted by Gasteiger charge is -2.06. The van der Waals surface area contributed by atoms with Gasteiger partial charge in [0.1, 0.15) is 5.82 Å². The zero-order chi connectivity index (χ0) is 15.7. The Morgan fingerprint density at radius 1 is 1.19 bits per heavy atom. The van der Waals surface area contributed by atoms with Gasteiger partial charge in [0.25, 0.3) is 6.08 Å². The number of nitrogens with zero attached hydrogens (tertiary/aromatic N) is 1. The average molecular weight is 296 g/mol. The van der Waals surface area contributed by atoms with Gasteiger partial charge in [-0.25, -0.2) is 4.98 Å². The second-order valence-corrected chi connectivity index (χ2v) is 4.99. The zero-order valence-electron chi connectivity index (χ0n) is 12.6. The maximum atomic E-state index is 12.4. The Bertz CT molecular complexity index is 497. The molecule has 0 aliphatic heterocycles. The van der Waals surface area contributed by atoms with E-state index in [9.17, 15) is 13.6 Å². The summed E-state index contributed by atoms with van der Waals surface area (Å²) in [5.41, 5.74) is 1.07. The molecule has 1 N–H and O–H groups in total. The number of amides is 1. The van der Waals surface area contributed by atoms with Crippen LogP contribution in [0.15, 0.2) is 29.9 Å². The first-order chi connectivity index (χ1) is 10.0. The smallest absolute Gasteiger partial charge is 0.269 e. The van der Waals surface area contributed by atoms with Crippen molar-refractivity contribution in [2.24, 2.45) is 0 Å². The molecular formula is C16H22F2N2O. The number of aromatic nitrogens is 1. The summed E-state index contributed by atoms with van der Waals surface area (Å²) in [6.07, 6.45) is 1.80. The standard InChI is InChI=1S/C16H22F2N2O/c1-3-13(16(17)18)9-5-4-6-11-15(21)20-14-10-7-8-12(2)19-14/h7-8,10H,3-6,9,11H2,1-2H3,(H,19,20,21). The number of anilines is 1. The summed E-state index contributed by atoms with van der Waals surface area (Å²) >= 11 is 0. The molecule has 0 unspecified atom stereocenters. The van der Waals surface area contributed by atoms with Crippen molar-refractivity contribution in [1.82, 2.24) is 4.98 Å². The Morgan fingerprint density at radius 2 is 1.90 bits per heavy atom. The molecule has 116 valence electrons. The van der Waals surface area contributed by atoms with E-state index in [1.807, 2.05) is 19.1 Å². The van der Waals surface area contributed by atoms with E-state index in [2.05, 4.69) is 10.3 Å². The molecule has 1 aromatic heterocycles. The van der Waals surface area contributed by atoms with Gasteiger partial charge in [-0.3, -0.25) is 4.79 Å². The third-order valence-corrected chi connectivity index (χ3v) is 3.23. The van der Waals surface area contributed by atoms with E-state index in [0.717, 1.165) is 12.1 Å². The van der Waals surface area contributed by atoms with E-state index >= 15 is 0 Å². The van der Waals surface area contributed by atoms with Crippen molar-refractivity contribution in [2.75, 3.05) is 5.32 Å². The number of nitrogens with one attached hydrogen (secondary N) is 1. The molecule has 21 heavy (non-hydrogen) atoms. The fourth-order valence-electron chi connectivity index (χ4n) is 2.02. The lowest BCUT2D eigenvalue weighted by atomic mass is 10.1. The predicted octanol–water partition coefficient (Wildman–Crippen LogP) is 4.84. The SMILES string of the molecule is CCC(CCCCCC(=O)Nc1cccc(C)n1)=C(F)F. The minimum Gasteiger partial charge on any atom is -0.311 e. The molecule has 1 heterocycles. The molecule has 1 amide bonds. The normalized spacial score (nSPS) is 10.3. The Labute approximate surface area is 124 Å². The van der Waals surface area contributed by atoms with Crippen LogP contribution in [0.1, 0.15) is 51.1 Å². The largest absolute Gasteiger partial charge is 0.311 e. The van der Waals surface area contributed by atoms with Crippen molar-refractivity contribution < 1.29 is 13.6 Å². The minimum atomic E-state index is -1.55. The number of hydrogen-bond donors (Lipinski definition) is 1. The lowest BCUT2D eigenvalue weighted by Crippen LogP contribution is -2.12. The fraction of sp³-hybridized carbons (Fsp3) is 0.500. The third kappa shape index (κ3) is 6.97. The molecule has 1 aromatic rings. The first-order valence-electron chi connectivity index (χ1n) is 7.29.